The first-order valence-corrected chi connectivity index (χ1v) is 11.7. The first-order chi connectivity index (χ1) is 16.3. The lowest BCUT2D eigenvalue weighted by Crippen LogP contribution is -2.32. The van der Waals surface area contributed by atoms with Gasteiger partial charge in [0, 0.05) is 41.5 Å². The molecule has 3 aromatic rings. The van der Waals surface area contributed by atoms with E-state index in [0.29, 0.717) is 40.7 Å². The number of hydrogen-bond donors (Lipinski definition) is 2. The van der Waals surface area contributed by atoms with Crippen LogP contribution in [-0.4, -0.2) is 44.1 Å². The molecule has 4 rings (SSSR count). The fourth-order valence-corrected chi connectivity index (χ4v) is 4.34. The molecular weight excluding hydrogens is 497 g/mol. The number of halogens is 2. The highest BCUT2D eigenvalue weighted by Gasteiger charge is 2.28. The quantitative estimate of drug-likeness (QED) is 0.437. The number of nitrogens with zero attached hydrogens (tertiary/aromatic N) is 3. The SMILES string of the molecule is CCNC(=O)c1cc(Cl)cc(C)c1NC(=O)c1cc(OC2CC(=S)C2)nn1-c1ncccc1Cl. The molecule has 0 saturated heterocycles. The van der Waals surface area contributed by atoms with Crippen molar-refractivity contribution in [3.05, 3.63) is 63.4 Å². The number of carbonyl (C=O) groups excluding carboxylic acids is 2. The molecule has 1 saturated carbocycles. The minimum atomic E-state index is -0.524. The van der Waals surface area contributed by atoms with E-state index in [1.165, 1.54) is 16.8 Å². The largest absolute Gasteiger partial charge is 0.473 e. The van der Waals surface area contributed by atoms with Crippen LogP contribution in [-0.2, 0) is 0 Å². The molecule has 2 heterocycles. The van der Waals surface area contributed by atoms with Gasteiger partial charge in [0.1, 0.15) is 11.8 Å². The molecule has 1 aliphatic rings. The number of aromatic nitrogens is 3. The Bertz CT molecular complexity index is 1290. The molecule has 2 amide bonds. The van der Waals surface area contributed by atoms with Crippen molar-refractivity contribution in [1.29, 1.82) is 0 Å². The van der Waals surface area contributed by atoms with Crippen LogP contribution < -0.4 is 15.4 Å². The zero-order chi connectivity index (χ0) is 24.4. The average molecular weight is 518 g/mol. The van der Waals surface area contributed by atoms with Crippen molar-refractivity contribution >= 4 is 57.8 Å². The van der Waals surface area contributed by atoms with E-state index < -0.39 is 5.91 Å². The van der Waals surface area contributed by atoms with Gasteiger partial charge in [-0.15, -0.1) is 5.10 Å². The second-order valence-electron chi connectivity index (χ2n) is 7.73. The number of nitrogens with one attached hydrogen (secondary N) is 2. The standard InChI is InChI=1S/C23H21Cl2N5O3S/c1-3-26-22(31)16-8-13(24)7-12(2)20(16)28-23(32)18-11-19(33-14-9-15(34)10-14)29-30(18)21-17(25)5-4-6-27-21/h4-8,11,14H,3,9-10H2,1-2H3,(H,26,31)(H,28,32). The topological polar surface area (TPSA) is 98.1 Å². The lowest BCUT2D eigenvalue weighted by atomic mass is 9.96. The molecule has 0 spiro atoms. The molecule has 0 bridgehead atoms. The number of aryl methyl sites for hydroxylation is 1. The van der Waals surface area contributed by atoms with Gasteiger partial charge in [-0.2, -0.15) is 0 Å². The molecule has 1 aliphatic carbocycles. The molecule has 2 N–H and O–H groups in total. The number of thiocarbonyl (C=S) groups is 1. The van der Waals surface area contributed by atoms with Gasteiger partial charge >= 0.3 is 0 Å². The predicted octanol–water partition coefficient (Wildman–Crippen LogP) is 4.80. The first kappa shape index (κ1) is 24.1. The maximum Gasteiger partial charge on any atom is 0.274 e. The molecule has 0 aliphatic heterocycles. The number of carbonyl (C=O) groups is 2. The summed E-state index contributed by atoms with van der Waals surface area (Å²) < 4.78 is 7.21. The van der Waals surface area contributed by atoms with E-state index in [4.69, 9.17) is 40.2 Å². The Morgan fingerprint density at radius 2 is 2.00 bits per heavy atom. The summed E-state index contributed by atoms with van der Waals surface area (Å²) in [6.07, 6.45) is 2.78. The van der Waals surface area contributed by atoms with Gasteiger partial charge in [0.25, 0.3) is 11.8 Å². The number of anilines is 1. The van der Waals surface area contributed by atoms with Gasteiger partial charge in [0.2, 0.25) is 5.88 Å². The third-order valence-electron chi connectivity index (χ3n) is 5.18. The van der Waals surface area contributed by atoms with E-state index in [1.807, 2.05) is 0 Å². The summed E-state index contributed by atoms with van der Waals surface area (Å²) >= 11 is 17.7. The Hall–Kier alpha value is -3.01. The number of benzene rings is 1. The van der Waals surface area contributed by atoms with E-state index in [-0.39, 0.29) is 35.0 Å². The molecule has 11 heteroatoms. The van der Waals surface area contributed by atoms with Crippen LogP contribution in [0.3, 0.4) is 0 Å². The summed E-state index contributed by atoms with van der Waals surface area (Å²) in [5, 5.41) is 10.7. The second-order valence-corrected chi connectivity index (χ2v) is 9.16. The lowest BCUT2D eigenvalue weighted by Gasteiger charge is -2.26. The van der Waals surface area contributed by atoms with Crippen molar-refractivity contribution in [3.63, 3.8) is 0 Å². The van der Waals surface area contributed by atoms with E-state index >= 15 is 0 Å². The Morgan fingerprint density at radius 3 is 2.68 bits per heavy atom. The summed E-state index contributed by atoms with van der Waals surface area (Å²) in [6.45, 7) is 3.98. The van der Waals surface area contributed by atoms with Crippen LogP contribution in [0.4, 0.5) is 5.69 Å². The molecule has 0 radical (unpaired) electrons. The van der Waals surface area contributed by atoms with Crippen LogP contribution in [0.2, 0.25) is 10.0 Å². The number of pyridine rings is 1. The van der Waals surface area contributed by atoms with Crippen LogP contribution in [0, 0.1) is 6.92 Å². The highest BCUT2D eigenvalue weighted by Crippen LogP contribution is 2.29. The summed E-state index contributed by atoms with van der Waals surface area (Å²) in [4.78, 5) is 31.3. The minimum absolute atomic E-state index is 0.0891. The van der Waals surface area contributed by atoms with Crippen molar-refractivity contribution in [2.45, 2.75) is 32.8 Å². The smallest absolute Gasteiger partial charge is 0.274 e. The molecule has 2 aromatic heterocycles. The molecule has 0 unspecified atom stereocenters. The monoisotopic (exact) mass is 517 g/mol. The number of rotatable bonds is 7. The molecule has 8 nitrogen and oxygen atoms in total. The Kier molecular flexibility index (Phi) is 7.16. The molecule has 176 valence electrons. The summed E-state index contributed by atoms with van der Waals surface area (Å²) in [5.74, 6) is -0.361. The normalized spacial score (nSPS) is 13.4. The van der Waals surface area contributed by atoms with E-state index in [0.717, 1.165) is 4.86 Å². The fraction of sp³-hybridized carbons (Fsp3) is 0.261. The Morgan fingerprint density at radius 1 is 1.24 bits per heavy atom. The van der Waals surface area contributed by atoms with E-state index in [9.17, 15) is 9.59 Å². The van der Waals surface area contributed by atoms with Gasteiger partial charge in [0.15, 0.2) is 5.82 Å². The molecule has 34 heavy (non-hydrogen) atoms. The van der Waals surface area contributed by atoms with Gasteiger partial charge in [-0.05, 0) is 43.7 Å². The molecule has 0 atom stereocenters. The van der Waals surface area contributed by atoms with Crippen LogP contribution in [0.15, 0.2) is 36.5 Å². The van der Waals surface area contributed by atoms with Crippen molar-refractivity contribution < 1.29 is 14.3 Å². The third-order valence-corrected chi connectivity index (χ3v) is 6.02. The first-order valence-electron chi connectivity index (χ1n) is 10.6. The Labute approximate surface area is 211 Å². The van der Waals surface area contributed by atoms with Crippen molar-refractivity contribution in [2.75, 3.05) is 11.9 Å². The van der Waals surface area contributed by atoms with Crippen molar-refractivity contribution in [3.8, 4) is 11.7 Å². The maximum absolute atomic E-state index is 13.4. The lowest BCUT2D eigenvalue weighted by molar-refractivity contribution is 0.0956. The Balaban J connectivity index is 1.72. The van der Waals surface area contributed by atoms with Crippen molar-refractivity contribution in [2.24, 2.45) is 0 Å². The zero-order valence-electron chi connectivity index (χ0n) is 18.4. The highest BCUT2D eigenvalue weighted by atomic mass is 35.5. The van der Waals surface area contributed by atoms with Crippen LogP contribution in [0.25, 0.3) is 5.82 Å². The molecular formula is C23H21Cl2N5O3S. The van der Waals surface area contributed by atoms with E-state index in [2.05, 4.69) is 20.7 Å². The summed E-state index contributed by atoms with van der Waals surface area (Å²) in [5.41, 5.74) is 1.35. The maximum atomic E-state index is 13.4. The predicted molar refractivity (Wildman–Crippen MR) is 135 cm³/mol. The summed E-state index contributed by atoms with van der Waals surface area (Å²) in [6, 6.07) is 8.02. The zero-order valence-corrected chi connectivity index (χ0v) is 20.7. The second kappa shape index (κ2) is 10.1. The fourth-order valence-electron chi connectivity index (χ4n) is 3.50. The highest BCUT2D eigenvalue weighted by molar-refractivity contribution is 7.80. The van der Waals surface area contributed by atoms with Gasteiger partial charge in [-0.1, -0.05) is 35.4 Å². The van der Waals surface area contributed by atoms with Crippen LogP contribution >= 0.6 is 35.4 Å². The summed E-state index contributed by atoms with van der Waals surface area (Å²) in [7, 11) is 0. The van der Waals surface area contributed by atoms with Gasteiger partial charge in [-0.25, -0.2) is 9.67 Å². The van der Waals surface area contributed by atoms with Gasteiger partial charge in [0.05, 0.1) is 16.3 Å². The number of amides is 2. The number of ether oxygens (including phenoxy) is 1. The van der Waals surface area contributed by atoms with Gasteiger partial charge in [-0.3, -0.25) is 9.59 Å². The number of hydrogen-bond acceptors (Lipinski definition) is 6. The van der Waals surface area contributed by atoms with E-state index in [1.54, 1.807) is 38.2 Å². The van der Waals surface area contributed by atoms with Crippen molar-refractivity contribution in [1.82, 2.24) is 20.1 Å². The molecule has 1 aromatic carbocycles. The molecule has 1 fully saturated rings. The minimum Gasteiger partial charge on any atom is -0.473 e. The van der Waals surface area contributed by atoms with Crippen LogP contribution in [0.5, 0.6) is 5.88 Å². The van der Waals surface area contributed by atoms with Gasteiger partial charge < -0.3 is 15.4 Å². The average Bonchev–Trinajstić information content (AvgIpc) is 3.18. The third kappa shape index (κ3) is 5.06. The van der Waals surface area contributed by atoms with Crippen LogP contribution in [0.1, 0.15) is 46.2 Å².